The Morgan fingerprint density at radius 3 is 2.68 bits per heavy atom. The van der Waals surface area contributed by atoms with E-state index in [1.54, 1.807) is 6.20 Å². The van der Waals surface area contributed by atoms with E-state index in [4.69, 9.17) is 9.72 Å². The van der Waals surface area contributed by atoms with Gasteiger partial charge in [0.15, 0.2) is 5.75 Å². The summed E-state index contributed by atoms with van der Waals surface area (Å²) in [7, 11) is 5.67. The number of aryl methyl sites for hydroxylation is 1. The molecule has 0 aliphatic carbocycles. The Hall–Kier alpha value is -4.77. The number of nitrogens with zero attached hydrogens (tertiary/aromatic N) is 4. The van der Waals surface area contributed by atoms with Gasteiger partial charge in [0, 0.05) is 61.1 Å². The van der Waals surface area contributed by atoms with E-state index in [2.05, 4.69) is 27.2 Å². The van der Waals surface area contributed by atoms with E-state index < -0.39 is 12.5 Å². The average molecular weight is 562 g/mol. The van der Waals surface area contributed by atoms with Crippen molar-refractivity contribution >= 4 is 39.8 Å². The first-order chi connectivity index (χ1) is 19.7. The summed E-state index contributed by atoms with van der Waals surface area (Å²) >= 11 is 0. The van der Waals surface area contributed by atoms with Crippen LogP contribution in [0.3, 0.4) is 0 Å². The van der Waals surface area contributed by atoms with Crippen LogP contribution in [0.15, 0.2) is 73.6 Å². The van der Waals surface area contributed by atoms with Crippen molar-refractivity contribution in [3.05, 3.63) is 79.2 Å². The van der Waals surface area contributed by atoms with Crippen LogP contribution >= 0.6 is 0 Å². The zero-order chi connectivity index (χ0) is 29.5. The van der Waals surface area contributed by atoms with Gasteiger partial charge in [-0.3, -0.25) is 4.79 Å². The van der Waals surface area contributed by atoms with Gasteiger partial charge in [-0.2, -0.15) is 8.78 Å². The first-order valence-electron chi connectivity index (χ1n) is 12.9. The number of nitrogens with one attached hydrogen (secondary N) is 3. The van der Waals surface area contributed by atoms with Crippen molar-refractivity contribution < 1.29 is 18.3 Å². The summed E-state index contributed by atoms with van der Waals surface area (Å²) in [5.41, 5.74) is 4.40. The predicted molar refractivity (Wildman–Crippen MR) is 160 cm³/mol. The van der Waals surface area contributed by atoms with Gasteiger partial charge in [-0.15, -0.1) is 0 Å². The first-order valence-corrected chi connectivity index (χ1v) is 12.9. The van der Waals surface area contributed by atoms with Crippen molar-refractivity contribution in [1.29, 1.82) is 0 Å². The lowest BCUT2D eigenvalue weighted by atomic mass is 10.1. The molecular formula is C30H33F2N7O2. The van der Waals surface area contributed by atoms with Gasteiger partial charge in [-0.1, -0.05) is 36.9 Å². The predicted octanol–water partition coefficient (Wildman–Crippen LogP) is 5.96. The van der Waals surface area contributed by atoms with Gasteiger partial charge in [0.25, 0.3) is 0 Å². The van der Waals surface area contributed by atoms with Gasteiger partial charge < -0.3 is 30.2 Å². The third-order valence-corrected chi connectivity index (χ3v) is 6.31. The summed E-state index contributed by atoms with van der Waals surface area (Å²) in [6, 6.07) is 10.9. The maximum Gasteiger partial charge on any atom is 0.387 e. The second-order valence-corrected chi connectivity index (χ2v) is 9.65. The molecule has 0 bridgehead atoms. The maximum atomic E-state index is 13.5. The van der Waals surface area contributed by atoms with Crippen LogP contribution in [0.5, 0.6) is 5.75 Å². The molecule has 0 saturated heterocycles. The van der Waals surface area contributed by atoms with Crippen molar-refractivity contribution in [2.24, 2.45) is 0 Å². The van der Waals surface area contributed by atoms with Gasteiger partial charge in [0.05, 0.1) is 22.8 Å². The summed E-state index contributed by atoms with van der Waals surface area (Å²) in [4.78, 5) is 28.8. The van der Waals surface area contributed by atoms with Crippen LogP contribution in [0, 0.1) is 6.92 Å². The van der Waals surface area contributed by atoms with Crippen molar-refractivity contribution in [2.45, 2.75) is 13.5 Å². The number of carbonyl (C=O) groups excluding carboxylic acids is 1. The molecule has 214 valence electrons. The molecule has 2 heterocycles. The smallest absolute Gasteiger partial charge is 0.387 e. The van der Waals surface area contributed by atoms with Crippen LogP contribution in [-0.2, 0) is 4.79 Å². The van der Waals surface area contributed by atoms with Gasteiger partial charge in [-0.25, -0.2) is 9.97 Å². The number of halogens is 2. The minimum Gasteiger partial charge on any atom is -0.433 e. The topological polar surface area (TPSA) is 98.4 Å². The highest BCUT2D eigenvalue weighted by Crippen LogP contribution is 2.39. The molecule has 0 radical (unpaired) electrons. The standard InChI is InChI=1S/C30H33F2N7O2/c1-6-7-12-27(40)35-23-15-24(26(41-29(31)32)16-25(23)39(5)14-13-38(3)4)36-30-34-17-19(2)28(37-30)21-18-33-22-11-9-8-10-20(21)22/h6-12,15-18,29,33H,1,13-14H2,2-5H3,(H,35,40)(H,34,36,37)/b12-7-. The monoisotopic (exact) mass is 561 g/mol. The molecule has 0 aliphatic heterocycles. The Labute approximate surface area is 237 Å². The van der Waals surface area contributed by atoms with Crippen LogP contribution in [0.25, 0.3) is 22.2 Å². The zero-order valence-corrected chi connectivity index (χ0v) is 23.4. The molecule has 1 amide bonds. The number of likely N-dealkylation sites (N-methyl/N-ethyl adjacent to an activating group) is 2. The normalized spacial score (nSPS) is 11.4. The highest BCUT2D eigenvalue weighted by atomic mass is 19.3. The summed E-state index contributed by atoms with van der Waals surface area (Å²) in [5, 5.41) is 6.84. The number of hydrogen-bond acceptors (Lipinski definition) is 7. The molecule has 11 heteroatoms. The Morgan fingerprint density at radius 2 is 1.95 bits per heavy atom. The molecule has 0 unspecified atom stereocenters. The Bertz CT molecular complexity index is 1570. The van der Waals surface area contributed by atoms with Gasteiger partial charge in [0.1, 0.15) is 0 Å². The van der Waals surface area contributed by atoms with E-state index in [0.29, 0.717) is 30.2 Å². The molecule has 0 fully saturated rings. The first kappa shape index (κ1) is 29.2. The van der Waals surface area contributed by atoms with E-state index in [1.165, 1.54) is 30.4 Å². The van der Waals surface area contributed by atoms with Crippen molar-refractivity contribution in [2.75, 3.05) is 49.8 Å². The molecule has 2 aromatic heterocycles. The lowest BCUT2D eigenvalue weighted by Gasteiger charge is -2.26. The molecule has 0 aliphatic rings. The number of anilines is 4. The van der Waals surface area contributed by atoms with E-state index in [0.717, 1.165) is 22.0 Å². The number of alkyl halides is 2. The number of aromatic nitrogens is 3. The third-order valence-electron chi connectivity index (χ3n) is 6.31. The Kier molecular flexibility index (Phi) is 9.30. The van der Waals surface area contributed by atoms with Crippen molar-refractivity contribution in [3.63, 3.8) is 0 Å². The number of fused-ring (bicyclic) bond motifs is 1. The van der Waals surface area contributed by atoms with Crippen LogP contribution < -0.4 is 20.3 Å². The highest BCUT2D eigenvalue weighted by Gasteiger charge is 2.20. The Morgan fingerprint density at radius 1 is 1.17 bits per heavy atom. The number of para-hydroxylation sites is 1. The third kappa shape index (κ3) is 7.25. The van der Waals surface area contributed by atoms with Crippen LogP contribution in [-0.4, -0.2) is 66.6 Å². The van der Waals surface area contributed by atoms with E-state index >= 15 is 0 Å². The van der Waals surface area contributed by atoms with Crippen LogP contribution in [0.4, 0.5) is 31.8 Å². The molecule has 3 N–H and O–H groups in total. The minimum atomic E-state index is -3.08. The zero-order valence-electron chi connectivity index (χ0n) is 23.4. The quantitative estimate of drug-likeness (QED) is 0.145. The number of amides is 1. The van der Waals surface area contributed by atoms with E-state index in [1.807, 2.05) is 68.3 Å². The maximum absolute atomic E-state index is 13.5. The van der Waals surface area contributed by atoms with Crippen LogP contribution in [0.1, 0.15) is 5.56 Å². The lowest BCUT2D eigenvalue weighted by molar-refractivity contribution is -0.111. The molecular weight excluding hydrogens is 528 g/mol. The number of aromatic amines is 1. The average Bonchev–Trinajstić information content (AvgIpc) is 3.36. The molecule has 4 rings (SSSR count). The number of allylic oxidation sites excluding steroid dienone is 2. The fourth-order valence-corrected chi connectivity index (χ4v) is 4.24. The number of carbonyl (C=O) groups is 1. The summed E-state index contributed by atoms with van der Waals surface area (Å²) in [6.45, 7) is 3.66. The number of benzene rings is 2. The second-order valence-electron chi connectivity index (χ2n) is 9.65. The number of hydrogen-bond donors (Lipinski definition) is 3. The second kappa shape index (κ2) is 13.1. The number of rotatable bonds is 12. The molecule has 4 aromatic rings. The van der Waals surface area contributed by atoms with E-state index in [9.17, 15) is 13.6 Å². The molecule has 0 saturated carbocycles. The van der Waals surface area contributed by atoms with Gasteiger partial charge >= 0.3 is 6.61 Å². The fraction of sp³-hybridized carbons (Fsp3) is 0.233. The molecule has 0 spiro atoms. The van der Waals surface area contributed by atoms with Crippen LogP contribution in [0.2, 0.25) is 0 Å². The SMILES string of the molecule is C=C/C=C\C(=O)Nc1cc(Nc2ncc(C)c(-c3c[nH]c4ccccc34)n2)c(OC(F)F)cc1N(C)CCN(C)C. The summed E-state index contributed by atoms with van der Waals surface area (Å²) in [6.07, 6.45) is 7.84. The van der Waals surface area contributed by atoms with Gasteiger partial charge in [-0.05, 0) is 38.7 Å². The number of H-pyrrole nitrogens is 1. The van der Waals surface area contributed by atoms with Crippen molar-refractivity contribution in [3.8, 4) is 17.0 Å². The highest BCUT2D eigenvalue weighted by molar-refractivity contribution is 6.02. The fourth-order valence-electron chi connectivity index (χ4n) is 4.24. The molecule has 41 heavy (non-hydrogen) atoms. The van der Waals surface area contributed by atoms with Gasteiger partial charge in [0.2, 0.25) is 11.9 Å². The molecule has 0 atom stereocenters. The summed E-state index contributed by atoms with van der Waals surface area (Å²) in [5.74, 6) is -0.356. The minimum absolute atomic E-state index is 0.121. The van der Waals surface area contributed by atoms with Crippen molar-refractivity contribution in [1.82, 2.24) is 19.9 Å². The van der Waals surface area contributed by atoms with E-state index in [-0.39, 0.29) is 17.4 Å². The summed E-state index contributed by atoms with van der Waals surface area (Å²) < 4.78 is 32.0. The largest absolute Gasteiger partial charge is 0.433 e. The molecule has 9 nitrogen and oxygen atoms in total. The number of ether oxygens (including phenoxy) is 1. The Balaban J connectivity index is 1.77. The molecule has 2 aromatic carbocycles. The lowest BCUT2D eigenvalue weighted by Crippen LogP contribution is -2.29.